The van der Waals surface area contributed by atoms with Crippen LogP contribution in [0.2, 0.25) is 0 Å². The Hall–Kier alpha value is -2.77. The molecule has 0 radical (unpaired) electrons. The van der Waals surface area contributed by atoms with Gasteiger partial charge in [0, 0.05) is 25.0 Å². The number of rotatable bonds is 4. The minimum absolute atomic E-state index is 0.130. The summed E-state index contributed by atoms with van der Waals surface area (Å²) in [5.74, 6) is 3.45. The number of hydrogen-bond donors (Lipinski definition) is 2. The van der Waals surface area contributed by atoms with Crippen LogP contribution in [0.3, 0.4) is 0 Å². The Morgan fingerprint density at radius 1 is 1.18 bits per heavy atom. The van der Waals surface area contributed by atoms with Crippen LogP contribution in [0.4, 0.5) is 4.79 Å². The van der Waals surface area contributed by atoms with E-state index >= 15 is 0 Å². The summed E-state index contributed by atoms with van der Waals surface area (Å²) in [4.78, 5) is 36.0. The molecule has 1 aromatic heterocycles. The summed E-state index contributed by atoms with van der Waals surface area (Å²) >= 11 is 0. The highest BCUT2D eigenvalue weighted by atomic mass is 16.6. The first kappa shape index (κ1) is 23.0. The lowest BCUT2D eigenvalue weighted by atomic mass is 9.88. The Labute approximate surface area is 200 Å². The molecular formula is C26H36N4O4. The highest BCUT2D eigenvalue weighted by molar-refractivity contribution is 6.06. The molecule has 2 aromatic rings. The predicted molar refractivity (Wildman–Crippen MR) is 129 cm³/mol. The van der Waals surface area contributed by atoms with E-state index in [-0.39, 0.29) is 18.0 Å². The second kappa shape index (κ2) is 8.78. The molecular weight excluding hydrogens is 432 g/mol. The first-order chi connectivity index (χ1) is 16.2. The number of methoxy groups -OCH3 is 1. The van der Waals surface area contributed by atoms with Crippen LogP contribution in [0.5, 0.6) is 5.75 Å². The molecule has 2 saturated carbocycles. The zero-order valence-corrected chi connectivity index (χ0v) is 20.6. The van der Waals surface area contributed by atoms with Crippen LogP contribution in [0.25, 0.3) is 11.0 Å². The lowest BCUT2D eigenvalue weighted by molar-refractivity contribution is 0.0185. The summed E-state index contributed by atoms with van der Waals surface area (Å²) in [6.07, 6.45) is 6.38. The van der Waals surface area contributed by atoms with Gasteiger partial charge >= 0.3 is 6.09 Å². The highest BCUT2D eigenvalue weighted by Crippen LogP contribution is 2.52. The number of piperidine rings is 1. The maximum absolute atomic E-state index is 13.3. The fourth-order valence-electron chi connectivity index (χ4n) is 6.05. The number of carbonyl (C=O) groups is 2. The number of H-pyrrole nitrogens is 1. The van der Waals surface area contributed by atoms with E-state index in [0.29, 0.717) is 41.8 Å². The molecule has 2 bridgehead atoms. The van der Waals surface area contributed by atoms with Crippen molar-refractivity contribution >= 4 is 23.0 Å². The monoisotopic (exact) mass is 468 g/mol. The molecule has 2 aliphatic carbocycles. The molecule has 34 heavy (non-hydrogen) atoms. The Balaban J connectivity index is 1.34. The van der Waals surface area contributed by atoms with Crippen LogP contribution in [-0.4, -0.2) is 58.7 Å². The largest absolute Gasteiger partial charge is 0.494 e. The molecule has 1 aliphatic heterocycles. The average Bonchev–Trinajstić information content (AvgIpc) is 3.52. The van der Waals surface area contributed by atoms with Crippen molar-refractivity contribution in [1.29, 1.82) is 0 Å². The van der Waals surface area contributed by atoms with Crippen molar-refractivity contribution in [2.24, 2.45) is 11.8 Å². The van der Waals surface area contributed by atoms with Gasteiger partial charge in [0.2, 0.25) is 0 Å². The van der Waals surface area contributed by atoms with Crippen molar-refractivity contribution in [3.63, 3.8) is 0 Å². The second-order valence-electron chi connectivity index (χ2n) is 11.2. The van der Waals surface area contributed by atoms with Gasteiger partial charge in [-0.25, -0.2) is 9.78 Å². The molecule has 2 heterocycles. The Kier molecular flexibility index (Phi) is 5.94. The maximum Gasteiger partial charge on any atom is 0.410 e. The minimum atomic E-state index is -0.543. The molecule has 184 valence electrons. The first-order valence-corrected chi connectivity index (χ1v) is 12.6. The van der Waals surface area contributed by atoms with Gasteiger partial charge in [0.15, 0.2) is 0 Å². The van der Waals surface area contributed by atoms with E-state index < -0.39 is 5.60 Å². The summed E-state index contributed by atoms with van der Waals surface area (Å²) in [5.41, 5.74) is 1.44. The fraction of sp³-hybridized carbons (Fsp3) is 0.654. The molecule has 8 nitrogen and oxygen atoms in total. The molecule has 2 amide bonds. The van der Waals surface area contributed by atoms with Gasteiger partial charge in [-0.2, -0.15) is 0 Å². The maximum atomic E-state index is 13.3. The number of nitrogens with one attached hydrogen (secondary N) is 2. The predicted octanol–water partition coefficient (Wildman–Crippen LogP) is 4.60. The number of imidazole rings is 1. The number of likely N-dealkylation sites (tertiary alicyclic amines) is 1. The van der Waals surface area contributed by atoms with E-state index in [2.05, 4.69) is 10.3 Å². The zero-order chi connectivity index (χ0) is 24.0. The number of nitrogens with zero attached hydrogens (tertiary/aromatic N) is 2. The van der Waals surface area contributed by atoms with E-state index in [1.807, 2.05) is 26.8 Å². The van der Waals surface area contributed by atoms with Crippen molar-refractivity contribution in [2.45, 2.75) is 76.9 Å². The number of fused-ring (bicyclic) bond motifs is 3. The van der Waals surface area contributed by atoms with Gasteiger partial charge in [-0.05, 0) is 76.8 Å². The SMILES string of the molecule is COc1ccc(C(=O)NC2CCCN(C(=O)OC(C)(C)C)C2)c2nc(C3CC4CCC3C4)[nH]c12. The second-order valence-corrected chi connectivity index (χ2v) is 11.2. The number of aromatic amines is 1. The molecule has 5 rings (SSSR count). The number of amides is 2. The lowest BCUT2D eigenvalue weighted by Crippen LogP contribution is -2.50. The van der Waals surface area contributed by atoms with Gasteiger partial charge in [0.1, 0.15) is 28.2 Å². The number of carbonyl (C=O) groups excluding carboxylic acids is 2. The first-order valence-electron chi connectivity index (χ1n) is 12.6. The molecule has 4 unspecified atom stereocenters. The summed E-state index contributed by atoms with van der Waals surface area (Å²) in [7, 11) is 1.64. The van der Waals surface area contributed by atoms with Crippen LogP contribution in [0.15, 0.2) is 12.1 Å². The van der Waals surface area contributed by atoms with E-state index in [0.717, 1.165) is 30.1 Å². The van der Waals surface area contributed by atoms with E-state index in [4.69, 9.17) is 14.5 Å². The van der Waals surface area contributed by atoms with Gasteiger partial charge in [0.25, 0.3) is 5.91 Å². The number of ether oxygens (including phenoxy) is 2. The van der Waals surface area contributed by atoms with Crippen LogP contribution < -0.4 is 10.1 Å². The number of hydrogen-bond acceptors (Lipinski definition) is 5. The molecule has 1 aromatic carbocycles. The van der Waals surface area contributed by atoms with Crippen LogP contribution in [0.1, 0.15) is 81.4 Å². The molecule has 1 saturated heterocycles. The van der Waals surface area contributed by atoms with Crippen LogP contribution >= 0.6 is 0 Å². The minimum Gasteiger partial charge on any atom is -0.494 e. The van der Waals surface area contributed by atoms with E-state index in [1.54, 1.807) is 18.1 Å². The Bertz CT molecular complexity index is 1090. The third kappa shape index (κ3) is 4.46. The average molecular weight is 469 g/mol. The van der Waals surface area contributed by atoms with Crippen molar-refractivity contribution in [3.8, 4) is 5.75 Å². The third-order valence-corrected chi connectivity index (χ3v) is 7.59. The van der Waals surface area contributed by atoms with Gasteiger partial charge in [-0.15, -0.1) is 0 Å². The molecule has 4 atom stereocenters. The number of benzene rings is 1. The van der Waals surface area contributed by atoms with Gasteiger partial charge in [0.05, 0.1) is 12.7 Å². The Morgan fingerprint density at radius 3 is 2.68 bits per heavy atom. The van der Waals surface area contributed by atoms with Crippen molar-refractivity contribution < 1.29 is 19.1 Å². The van der Waals surface area contributed by atoms with Crippen molar-refractivity contribution in [3.05, 3.63) is 23.5 Å². The van der Waals surface area contributed by atoms with Gasteiger partial charge < -0.3 is 24.7 Å². The quantitative estimate of drug-likeness (QED) is 0.683. The van der Waals surface area contributed by atoms with E-state index in [1.165, 1.54) is 25.7 Å². The van der Waals surface area contributed by atoms with Crippen molar-refractivity contribution in [1.82, 2.24) is 20.2 Å². The van der Waals surface area contributed by atoms with Gasteiger partial charge in [-0.1, -0.05) is 6.42 Å². The van der Waals surface area contributed by atoms with E-state index in [9.17, 15) is 9.59 Å². The standard InChI is InChI=1S/C26H36N4O4/c1-26(2,3)34-25(32)30-11-5-6-17(14-30)27-24(31)18-9-10-20(33-4)22-21(18)28-23(29-22)19-13-15-7-8-16(19)12-15/h9-10,15-17,19H,5-8,11-14H2,1-4H3,(H,27,31)(H,28,29). The molecule has 0 spiro atoms. The molecule has 8 heteroatoms. The highest BCUT2D eigenvalue weighted by Gasteiger charge is 2.42. The topological polar surface area (TPSA) is 96.6 Å². The summed E-state index contributed by atoms with van der Waals surface area (Å²) < 4.78 is 11.1. The van der Waals surface area contributed by atoms with Crippen molar-refractivity contribution in [2.75, 3.05) is 20.2 Å². The zero-order valence-electron chi connectivity index (χ0n) is 20.6. The normalized spacial score (nSPS) is 26.6. The Morgan fingerprint density at radius 2 is 2.00 bits per heavy atom. The molecule has 3 aliphatic rings. The summed E-state index contributed by atoms with van der Waals surface area (Å²) in [6.45, 7) is 6.66. The smallest absolute Gasteiger partial charge is 0.410 e. The molecule has 2 N–H and O–H groups in total. The van der Waals surface area contributed by atoms with Crippen LogP contribution in [0, 0.1) is 11.8 Å². The van der Waals surface area contributed by atoms with Crippen LogP contribution in [-0.2, 0) is 4.74 Å². The lowest BCUT2D eigenvalue weighted by Gasteiger charge is -2.34. The summed E-state index contributed by atoms with van der Waals surface area (Å²) in [6, 6.07) is 3.49. The fourth-order valence-corrected chi connectivity index (χ4v) is 6.05. The summed E-state index contributed by atoms with van der Waals surface area (Å²) in [5, 5.41) is 3.14. The number of aromatic nitrogens is 2. The molecule has 3 fully saturated rings. The third-order valence-electron chi connectivity index (χ3n) is 7.59. The van der Waals surface area contributed by atoms with Gasteiger partial charge in [-0.3, -0.25) is 4.79 Å².